The first kappa shape index (κ1) is 30.6. The van der Waals surface area contributed by atoms with Crippen molar-refractivity contribution in [2.75, 3.05) is 0 Å². The Bertz CT molecular complexity index is 2570. The summed E-state index contributed by atoms with van der Waals surface area (Å²) in [4.78, 5) is 12.9. The molecule has 0 saturated carbocycles. The van der Waals surface area contributed by atoms with E-state index in [0.717, 1.165) is 39.2 Å². The Morgan fingerprint density at radius 2 is 1.15 bits per heavy atom. The number of hydrogen-bond acceptors (Lipinski definition) is 3. The molecule has 0 N–H and O–H groups in total. The topological polar surface area (TPSA) is 25.8 Å². The van der Waals surface area contributed by atoms with E-state index in [-0.39, 0.29) is 11.8 Å². The maximum atomic E-state index is 5.93. The lowest BCUT2D eigenvalue weighted by molar-refractivity contribution is 0.442. The van der Waals surface area contributed by atoms with E-state index in [1.54, 1.807) is 0 Å². The summed E-state index contributed by atoms with van der Waals surface area (Å²) in [7, 11) is 0. The number of hydrogen-bond donors (Lipinski definition) is 0. The molecule has 3 heteroatoms. The number of nitrogens with zero attached hydrogens (tertiary/aromatic N) is 2. The summed E-state index contributed by atoms with van der Waals surface area (Å²) in [6.45, 7) is 0. The molecular formula is C49H32N2S. The van der Waals surface area contributed by atoms with Crippen LogP contribution in [0.2, 0.25) is 0 Å². The van der Waals surface area contributed by atoms with E-state index in [0.29, 0.717) is 5.82 Å². The van der Waals surface area contributed by atoms with E-state index in [4.69, 9.17) is 16.4 Å². The molecule has 0 bridgehead atoms. The summed E-state index contributed by atoms with van der Waals surface area (Å²) in [5.74, 6) is 4.03. The molecule has 2 nitrogen and oxygen atoms in total. The van der Waals surface area contributed by atoms with E-state index in [1.807, 2.05) is 42.1 Å². The van der Waals surface area contributed by atoms with Crippen molar-refractivity contribution in [2.24, 2.45) is 5.92 Å². The Morgan fingerprint density at radius 3 is 1.94 bits per heavy atom. The molecule has 3 aliphatic rings. The molecule has 1 aromatic heterocycles. The van der Waals surface area contributed by atoms with Gasteiger partial charge in [0.15, 0.2) is 5.82 Å². The van der Waals surface area contributed by atoms with Crippen LogP contribution < -0.4 is 0 Å². The van der Waals surface area contributed by atoms with Gasteiger partial charge in [0.2, 0.25) is 0 Å². The molecule has 1 aliphatic heterocycles. The molecule has 244 valence electrons. The molecule has 52 heavy (non-hydrogen) atoms. The van der Waals surface area contributed by atoms with Crippen molar-refractivity contribution in [3.8, 4) is 57.4 Å². The van der Waals surface area contributed by atoms with Crippen LogP contribution in [0.3, 0.4) is 0 Å². The minimum absolute atomic E-state index is 0.195. The normalized spacial score (nSPS) is 19.0. The van der Waals surface area contributed by atoms with Gasteiger partial charge in [-0.15, -0.1) is 6.42 Å². The number of terminal acetylenes is 1. The predicted molar refractivity (Wildman–Crippen MR) is 213 cm³/mol. The number of rotatable bonds is 4. The van der Waals surface area contributed by atoms with Crippen molar-refractivity contribution in [2.45, 2.75) is 21.1 Å². The van der Waals surface area contributed by atoms with Crippen molar-refractivity contribution in [1.29, 1.82) is 0 Å². The second-order valence-electron chi connectivity index (χ2n) is 13.6. The number of allylic oxidation sites excluding steroid dienone is 4. The number of aromatic nitrogens is 2. The fourth-order valence-corrected chi connectivity index (χ4v) is 10.2. The van der Waals surface area contributed by atoms with Crippen LogP contribution in [0.4, 0.5) is 0 Å². The minimum Gasteiger partial charge on any atom is -0.228 e. The monoisotopic (exact) mass is 680 g/mol. The van der Waals surface area contributed by atoms with Gasteiger partial charge in [-0.25, -0.2) is 9.97 Å². The van der Waals surface area contributed by atoms with Gasteiger partial charge in [-0.3, -0.25) is 0 Å². The molecule has 0 fully saturated rings. The lowest BCUT2D eigenvalue weighted by Crippen LogP contribution is -2.38. The Labute approximate surface area is 308 Å². The summed E-state index contributed by atoms with van der Waals surface area (Å²) in [6, 6.07) is 54.1. The van der Waals surface area contributed by atoms with Crippen LogP contribution in [-0.2, 0) is 5.41 Å². The Kier molecular flexibility index (Phi) is 7.20. The zero-order valence-corrected chi connectivity index (χ0v) is 29.1. The van der Waals surface area contributed by atoms with Crippen molar-refractivity contribution in [3.63, 3.8) is 0 Å². The third kappa shape index (κ3) is 4.62. The van der Waals surface area contributed by atoms with E-state index >= 15 is 0 Å². The summed E-state index contributed by atoms with van der Waals surface area (Å²) in [6.07, 6.45) is 15.2. The Morgan fingerprint density at radius 1 is 0.538 bits per heavy atom. The molecule has 6 aromatic carbocycles. The van der Waals surface area contributed by atoms with Crippen LogP contribution >= 0.6 is 11.8 Å². The maximum Gasteiger partial charge on any atom is 0.160 e. The number of fused-ring (bicyclic) bond motifs is 9. The summed E-state index contributed by atoms with van der Waals surface area (Å²) >= 11 is 1.86. The zero-order valence-electron chi connectivity index (χ0n) is 28.3. The maximum absolute atomic E-state index is 5.93. The van der Waals surface area contributed by atoms with Gasteiger partial charge in [0.05, 0.1) is 16.8 Å². The van der Waals surface area contributed by atoms with E-state index in [9.17, 15) is 0 Å². The summed E-state index contributed by atoms with van der Waals surface area (Å²) < 4.78 is 0. The smallest absolute Gasteiger partial charge is 0.160 e. The molecule has 0 radical (unpaired) electrons. The first-order valence-electron chi connectivity index (χ1n) is 17.7. The second kappa shape index (κ2) is 12.2. The molecule has 7 aromatic rings. The quantitative estimate of drug-likeness (QED) is 0.173. The van der Waals surface area contributed by atoms with Gasteiger partial charge in [-0.05, 0) is 51.6 Å². The molecule has 2 heterocycles. The standard InChI is InChI=1S/C49H32N2S/c1-2-32-16-13-21-35(30-32)36-24-14-28-42-46(36)52-47-39(45-31-44(33-17-5-3-6-18-33)50-48(51-45)34-19-7-4-8-20-34)25-15-29-43(47)49(42)40-26-11-9-22-37(40)38-23-10-12-27-41(38)49/h1,3-31,37,40H. The van der Waals surface area contributed by atoms with Gasteiger partial charge in [-0.1, -0.05) is 175 Å². The first-order chi connectivity index (χ1) is 25.7. The Hall–Kier alpha value is -6.21. The van der Waals surface area contributed by atoms with Crippen molar-refractivity contribution >= 4 is 11.8 Å². The molecule has 3 unspecified atom stereocenters. The van der Waals surface area contributed by atoms with Gasteiger partial charge < -0.3 is 0 Å². The highest BCUT2D eigenvalue weighted by molar-refractivity contribution is 7.99. The lowest BCUT2D eigenvalue weighted by Gasteiger charge is -2.44. The zero-order chi connectivity index (χ0) is 34.6. The fourth-order valence-electron chi connectivity index (χ4n) is 8.72. The summed E-state index contributed by atoms with van der Waals surface area (Å²) in [5.41, 5.74) is 13.1. The lowest BCUT2D eigenvalue weighted by atomic mass is 9.62. The molecule has 1 spiro atoms. The first-order valence-corrected chi connectivity index (χ1v) is 18.5. The molecule has 0 saturated heterocycles. The average Bonchev–Trinajstić information content (AvgIpc) is 3.51. The third-order valence-corrected chi connectivity index (χ3v) is 12.2. The number of benzene rings is 6. The van der Waals surface area contributed by atoms with Gasteiger partial charge in [0.1, 0.15) is 0 Å². The Balaban J connectivity index is 1.29. The summed E-state index contributed by atoms with van der Waals surface area (Å²) in [5, 5.41) is 0. The van der Waals surface area contributed by atoms with Gasteiger partial charge in [0, 0.05) is 43.9 Å². The van der Waals surface area contributed by atoms with Crippen LogP contribution in [-0.4, -0.2) is 9.97 Å². The van der Waals surface area contributed by atoms with Crippen molar-refractivity contribution < 1.29 is 0 Å². The SMILES string of the molecule is C#Cc1cccc(-c2cccc3c2Sc2c(-c4cc(-c5ccccc5)nc(-c5ccccc5)n4)cccc2C32c3ccccc3C3C=CC=CC32)c1. The van der Waals surface area contributed by atoms with Gasteiger partial charge in [-0.2, -0.15) is 0 Å². The van der Waals surface area contributed by atoms with Crippen LogP contribution in [0, 0.1) is 18.3 Å². The average molecular weight is 681 g/mol. The van der Waals surface area contributed by atoms with Crippen LogP contribution in [0.5, 0.6) is 0 Å². The van der Waals surface area contributed by atoms with E-state index in [2.05, 4.69) is 152 Å². The molecule has 3 atom stereocenters. The highest BCUT2D eigenvalue weighted by atomic mass is 32.2. The highest BCUT2D eigenvalue weighted by Gasteiger charge is 2.56. The fraction of sp³-hybridized carbons (Fsp3) is 0.0612. The van der Waals surface area contributed by atoms with Gasteiger partial charge >= 0.3 is 0 Å². The third-order valence-electron chi connectivity index (χ3n) is 10.9. The molecule has 10 rings (SSSR count). The van der Waals surface area contributed by atoms with Crippen LogP contribution in [0.1, 0.15) is 33.7 Å². The van der Waals surface area contributed by atoms with Crippen molar-refractivity contribution in [1.82, 2.24) is 9.97 Å². The second-order valence-corrected chi connectivity index (χ2v) is 14.6. The molecule has 2 aliphatic carbocycles. The predicted octanol–water partition coefficient (Wildman–Crippen LogP) is 11.8. The highest BCUT2D eigenvalue weighted by Crippen LogP contribution is 2.66. The van der Waals surface area contributed by atoms with Crippen LogP contribution in [0.15, 0.2) is 186 Å². The molecule has 0 amide bonds. The van der Waals surface area contributed by atoms with Crippen LogP contribution in [0.25, 0.3) is 45.0 Å². The minimum atomic E-state index is -0.425. The van der Waals surface area contributed by atoms with Crippen molar-refractivity contribution in [3.05, 3.63) is 204 Å². The van der Waals surface area contributed by atoms with E-state index < -0.39 is 5.41 Å². The molecular weight excluding hydrogens is 649 g/mol. The largest absolute Gasteiger partial charge is 0.228 e. The van der Waals surface area contributed by atoms with E-state index in [1.165, 1.54) is 37.6 Å². The van der Waals surface area contributed by atoms with Gasteiger partial charge in [0.25, 0.3) is 0 Å².